The van der Waals surface area contributed by atoms with Crippen molar-refractivity contribution in [3.63, 3.8) is 0 Å². The zero-order chi connectivity index (χ0) is 14.5. The van der Waals surface area contributed by atoms with Gasteiger partial charge in [-0.25, -0.2) is 0 Å². The number of nitrogens with one attached hydrogen (secondary N) is 2. The standard InChI is InChI=1S/C15H21N3O2/c1-3-6-11(2)16-9-15(20)18-10-14(19)17-12-7-4-5-8-13(12)18/h4-5,7-8,11,16H,3,6,9-10H2,1-2H3,(H,17,19)/t11-/m1/s1. The van der Waals surface area contributed by atoms with Gasteiger partial charge in [-0.2, -0.15) is 0 Å². The zero-order valence-corrected chi connectivity index (χ0v) is 12.0. The van der Waals surface area contributed by atoms with Crippen LogP contribution < -0.4 is 15.5 Å². The monoisotopic (exact) mass is 275 g/mol. The second kappa shape index (κ2) is 6.52. The number of rotatable bonds is 5. The number of nitrogens with zero attached hydrogens (tertiary/aromatic N) is 1. The van der Waals surface area contributed by atoms with Gasteiger partial charge in [-0.15, -0.1) is 0 Å². The minimum atomic E-state index is -0.154. The molecule has 1 aromatic rings. The van der Waals surface area contributed by atoms with Crippen molar-refractivity contribution in [2.45, 2.75) is 32.7 Å². The molecule has 0 saturated heterocycles. The fourth-order valence-electron chi connectivity index (χ4n) is 2.35. The average Bonchev–Trinajstić information content (AvgIpc) is 2.44. The summed E-state index contributed by atoms with van der Waals surface area (Å²) in [5, 5.41) is 5.98. The highest BCUT2D eigenvalue weighted by molar-refractivity contribution is 6.10. The molecule has 0 unspecified atom stereocenters. The molecule has 1 aliphatic rings. The summed E-state index contributed by atoms with van der Waals surface area (Å²) in [5.74, 6) is -0.228. The molecule has 5 nitrogen and oxygen atoms in total. The van der Waals surface area contributed by atoms with Crippen LogP contribution in [-0.4, -0.2) is 30.9 Å². The quantitative estimate of drug-likeness (QED) is 0.860. The summed E-state index contributed by atoms with van der Waals surface area (Å²) in [5.41, 5.74) is 1.46. The first-order valence-corrected chi connectivity index (χ1v) is 7.04. The van der Waals surface area contributed by atoms with Gasteiger partial charge in [0.05, 0.1) is 17.9 Å². The fraction of sp³-hybridized carbons (Fsp3) is 0.467. The number of benzene rings is 1. The normalized spacial score (nSPS) is 15.5. The van der Waals surface area contributed by atoms with Crippen LogP contribution in [0.3, 0.4) is 0 Å². The molecule has 2 rings (SSSR count). The van der Waals surface area contributed by atoms with E-state index in [0.717, 1.165) is 18.5 Å². The molecule has 5 heteroatoms. The van der Waals surface area contributed by atoms with Crippen molar-refractivity contribution in [1.82, 2.24) is 5.32 Å². The maximum absolute atomic E-state index is 12.3. The van der Waals surface area contributed by atoms with Crippen molar-refractivity contribution in [1.29, 1.82) is 0 Å². The van der Waals surface area contributed by atoms with Crippen molar-refractivity contribution in [2.75, 3.05) is 23.3 Å². The van der Waals surface area contributed by atoms with Crippen LogP contribution in [0.25, 0.3) is 0 Å². The Labute approximate surface area is 119 Å². The number of hydrogen-bond acceptors (Lipinski definition) is 3. The smallest absolute Gasteiger partial charge is 0.244 e. The molecule has 2 amide bonds. The average molecular weight is 275 g/mol. The lowest BCUT2D eigenvalue weighted by atomic mass is 10.2. The van der Waals surface area contributed by atoms with Crippen LogP contribution in [0.1, 0.15) is 26.7 Å². The van der Waals surface area contributed by atoms with Gasteiger partial charge in [-0.05, 0) is 25.5 Å². The molecule has 1 heterocycles. The van der Waals surface area contributed by atoms with Crippen molar-refractivity contribution in [3.05, 3.63) is 24.3 Å². The first kappa shape index (κ1) is 14.5. The van der Waals surface area contributed by atoms with Gasteiger partial charge in [0.25, 0.3) is 0 Å². The molecule has 1 aromatic carbocycles. The second-order valence-corrected chi connectivity index (χ2v) is 5.12. The van der Waals surface area contributed by atoms with Crippen LogP contribution in [0.2, 0.25) is 0 Å². The van der Waals surface area contributed by atoms with Gasteiger partial charge in [0.2, 0.25) is 11.8 Å². The minimum Gasteiger partial charge on any atom is -0.323 e. The molecule has 0 fully saturated rings. The lowest BCUT2D eigenvalue weighted by molar-refractivity contribution is -0.121. The molecular weight excluding hydrogens is 254 g/mol. The van der Waals surface area contributed by atoms with E-state index >= 15 is 0 Å². The molecule has 1 aliphatic heterocycles. The Morgan fingerprint density at radius 1 is 1.45 bits per heavy atom. The molecule has 0 aromatic heterocycles. The molecule has 2 N–H and O–H groups in total. The molecule has 20 heavy (non-hydrogen) atoms. The maximum Gasteiger partial charge on any atom is 0.244 e. The van der Waals surface area contributed by atoms with Crippen molar-refractivity contribution in [3.8, 4) is 0 Å². The van der Waals surface area contributed by atoms with E-state index < -0.39 is 0 Å². The van der Waals surface area contributed by atoms with E-state index in [9.17, 15) is 9.59 Å². The Morgan fingerprint density at radius 3 is 2.95 bits per heavy atom. The Balaban J connectivity index is 2.05. The number of amides is 2. The lowest BCUT2D eigenvalue weighted by Crippen LogP contribution is -2.46. The first-order chi connectivity index (χ1) is 9.61. The van der Waals surface area contributed by atoms with E-state index in [-0.39, 0.29) is 24.9 Å². The largest absolute Gasteiger partial charge is 0.323 e. The summed E-state index contributed by atoms with van der Waals surface area (Å²) in [6.45, 7) is 4.52. The third-order valence-corrected chi connectivity index (χ3v) is 3.40. The highest BCUT2D eigenvalue weighted by Gasteiger charge is 2.26. The number of hydrogen-bond donors (Lipinski definition) is 2. The van der Waals surface area contributed by atoms with Crippen molar-refractivity contribution >= 4 is 23.2 Å². The van der Waals surface area contributed by atoms with Crippen LogP contribution in [0, 0.1) is 0 Å². The molecule has 0 aliphatic carbocycles. The highest BCUT2D eigenvalue weighted by Crippen LogP contribution is 2.28. The van der Waals surface area contributed by atoms with Gasteiger partial charge in [-0.1, -0.05) is 25.5 Å². The number of fused-ring (bicyclic) bond motifs is 1. The second-order valence-electron chi connectivity index (χ2n) is 5.12. The van der Waals surface area contributed by atoms with Crippen molar-refractivity contribution in [2.24, 2.45) is 0 Å². The molecule has 0 radical (unpaired) electrons. The van der Waals surface area contributed by atoms with Crippen LogP contribution in [0.4, 0.5) is 11.4 Å². The molecule has 1 atom stereocenters. The third-order valence-electron chi connectivity index (χ3n) is 3.40. The van der Waals surface area contributed by atoms with Crippen LogP contribution >= 0.6 is 0 Å². The van der Waals surface area contributed by atoms with Gasteiger partial charge < -0.3 is 10.6 Å². The van der Waals surface area contributed by atoms with E-state index in [2.05, 4.69) is 24.5 Å². The topological polar surface area (TPSA) is 61.4 Å². The molecule has 0 bridgehead atoms. The summed E-state index contributed by atoms with van der Waals surface area (Å²) in [7, 11) is 0. The summed E-state index contributed by atoms with van der Waals surface area (Å²) < 4.78 is 0. The van der Waals surface area contributed by atoms with Gasteiger partial charge in [0.1, 0.15) is 6.54 Å². The highest BCUT2D eigenvalue weighted by atomic mass is 16.2. The summed E-state index contributed by atoms with van der Waals surface area (Å²) in [6.07, 6.45) is 2.11. The first-order valence-electron chi connectivity index (χ1n) is 7.04. The predicted octanol–water partition coefficient (Wildman–Crippen LogP) is 1.75. The minimum absolute atomic E-state index is 0.0738. The lowest BCUT2D eigenvalue weighted by Gasteiger charge is -2.29. The van der Waals surface area contributed by atoms with E-state index in [1.807, 2.05) is 18.2 Å². The maximum atomic E-state index is 12.3. The fourth-order valence-corrected chi connectivity index (χ4v) is 2.35. The SMILES string of the molecule is CCC[C@@H](C)NCC(=O)N1CC(=O)Nc2ccccc21. The van der Waals surface area contributed by atoms with E-state index in [0.29, 0.717) is 11.7 Å². The van der Waals surface area contributed by atoms with E-state index in [1.54, 1.807) is 11.0 Å². The van der Waals surface area contributed by atoms with Gasteiger partial charge in [0, 0.05) is 6.04 Å². The number of carbonyl (C=O) groups excluding carboxylic acids is 2. The van der Waals surface area contributed by atoms with Crippen LogP contribution in [0.15, 0.2) is 24.3 Å². The summed E-state index contributed by atoms with van der Waals surface area (Å²) in [4.78, 5) is 25.5. The zero-order valence-electron chi connectivity index (χ0n) is 12.0. The number of anilines is 2. The number of carbonyl (C=O) groups is 2. The Kier molecular flexibility index (Phi) is 4.74. The molecule has 108 valence electrons. The summed E-state index contributed by atoms with van der Waals surface area (Å²) in [6, 6.07) is 7.66. The number of para-hydroxylation sites is 2. The third kappa shape index (κ3) is 3.36. The molecular formula is C15H21N3O2. The summed E-state index contributed by atoms with van der Waals surface area (Å²) >= 11 is 0. The van der Waals surface area contributed by atoms with Gasteiger partial charge in [-0.3, -0.25) is 14.5 Å². The molecule has 0 spiro atoms. The Bertz CT molecular complexity index is 502. The van der Waals surface area contributed by atoms with Gasteiger partial charge >= 0.3 is 0 Å². The van der Waals surface area contributed by atoms with E-state index in [4.69, 9.17) is 0 Å². The Hall–Kier alpha value is -1.88. The Morgan fingerprint density at radius 2 is 2.20 bits per heavy atom. The van der Waals surface area contributed by atoms with E-state index in [1.165, 1.54) is 0 Å². The van der Waals surface area contributed by atoms with Crippen molar-refractivity contribution < 1.29 is 9.59 Å². The predicted molar refractivity (Wildman–Crippen MR) is 79.8 cm³/mol. The van der Waals surface area contributed by atoms with Crippen LogP contribution in [0.5, 0.6) is 0 Å². The molecule has 0 saturated carbocycles. The van der Waals surface area contributed by atoms with Crippen LogP contribution in [-0.2, 0) is 9.59 Å². The van der Waals surface area contributed by atoms with Gasteiger partial charge in [0.15, 0.2) is 0 Å².